The van der Waals surface area contributed by atoms with E-state index >= 15 is 0 Å². The lowest BCUT2D eigenvalue weighted by Crippen LogP contribution is -2.35. The molecule has 0 bridgehead atoms. The second kappa shape index (κ2) is 8.74. The molecule has 1 aromatic rings. The van der Waals surface area contributed by atoms with E-state index in [4.69, 9.17) is 4.74 Å². The van der Waals surface area contributed by atoms with Crippen molar-refractivity contribution in [1.29, 1.82) is 0 Å². The third-order valence-corrected chi connectivity index (χ3v) is 2.78. The highest BCUT2D eigenvalue weighted by Crippen LogP contribution is 2.05. The molecule has 1 rings (SSSR count). The largest absolute Gasteiger partial charge is 0.465 e. The molecule has 0 heterocycles. The van der Waals surface area contributed by atoms with Gasteiger partial charge in [0.25, 0.3) is 0 Å². The Morgan fingerprint density at radius 3 is 2.52 bits per heavy atom. The van der Waals surface area contributed by atoms with Crippen LogP contribution in [0.4, 0.5) is 0 Å². The summed E-state index contributed by atoms with van der Waals surface area (Å²) >= 11 is 0. The Balaban J connectivity index is 2.69. The van der Waals surface area contributed by atoms with Crippen LogP contribution in [0.2, 0.25) is 0 Å². The van der Waals surface area contributed by atoms with E-state index in [0.717, 1.165) is 11.1 Å². The van der Waals surface area contributed by atoms with Gasteiger partial charge in [0.2, 0.25) is 5.91 Å². The number of hydrogen-bond acceptors (Lipinski definition) is 3. The van der Waals surface area contributed by atoms with Crippen molar-refractivity contribution in [3.05, 3.63) is 54.1 Å². The maximum atomic E-state index is 12.1. The van der Waals surface area contributed by atoms with Crippen LogP contribution in [0.15, 0.2) is 43.0 Å². The smallest absolute Gasteiger partial charge is 0.325 e. The molecule has 0 aromatic heterocycles. The molecule has 0 aliphatic carbocycles. The minimum Gasteiger partial charge on any atom is -0.465 e. The van der Waals surface area contributed by atoms with Gasteiger partial charge in [0.15, 0.2) is 0 Å². The minimum atomic E-state index is -0.420. The Hall–Kier alpha value is -2.36. The summed E-state index contributed by atoms with van der Waals surface area (Å²) in [4.78, 5) is 25.0. The zero-order valence-corrected chi connectivity index (χ0v) is 12.5. The molecule has 0 radical (unpaired) electrons. The fourth-order valence-electron chi connectivity index (χ4n) is 1.70. The van der Waals surface area contributed by atoms with Gasteiger partial charge in [0.1, 0.15) is 6.54 Å². The minimum absolute atomic E-state index is 0.0725. The van der Waals surface area contributed by atoms with Gasteiger partial charge in [-0.2, -0.15) is 0 Å². The van der Waals surface area contributed by atoms with E-state index in [1.165, 1.54) is 11.0 Å². The topological polar surface area (TPSA) is 46.6 Å². The molecule has 112 valence electrons. The second-order valence-corrected chi connectivity index (χ2v) is 4.56. The lowest BCUT2D eigenvalue weighted by molar-refractivity contribution is -0.147. The maximum Gasteiger partial charge on any atom is 0.325 e. The molecule has 1 aromatic carbocycles. The molecule has 0 atom stereocenters. The van der Waals surface area contributed by atoms with Crippen molar-refractivity contribution in [2.45, 2.75) is 13.8 Å². The van der Waals surface area contributed by atoms with Crippen LogP contribution in [-0.2, 0) is 14.3 Å². The normalized spacial score (nSPS) is 10.4. The van der Waals surface area contributed by atoms with E-state index in [9.17, 15) is 9.59 Å². The summed E-state index contributed by atoms with van der Waals surface area (Å²) in [6.45, 7) is 7.86. The van der Waals surface area contributed by atoms with Crippen LogP contribution in [-0.4, -0.2) is 36.5 Å². The van der Waals surface area contributed by atoms with Crippen LogP contribution in [0, 0.1) is 6.92 Å². The van der Waals surface area contributed by atoms with Crippen molar-refractivity contribution in [2.24, 2.45) is 0 Å². The van der Waals surface area contributed by atoms with Crippen LogP contribution in [0.3, 0.4) is 0 Å². The van der Waals surface area contributed by atoms with Gasteiger partial charge in [-0.25, -0.2) is 0 Å². The zero-order valence-electron chi connectivity index (χ0n) is 12.5. The number of rotatable bonds is 7. The number of carbonyl (C=O) groups excluding carboxylic acids is 2. The van der Waals surface area contributed by atoms with Crippen molar-refractivity contribution >= 4 is 18.0 Å². The Bertz CT molecular complexity index is 517. The molecule has 1 amide bonds. The Labute approximate surface area is 125 Å². The van der Waals surface area contributed by atoms with Crippen LogP contribution < -0.4 is 0 Å². The Morgan fingerprint density at radius 1 is 1.29 bits per heavy atom. The quantitative estimate of drug-likeness (QED) is 0.440. The summed E-state index contributed by atoms with van der Waals surface area (Å²) in [6, 6.07) is 7.82. The predicted octanol–water partition coefficient (Wildman–Crippen LogP) is 2.59. The summed E-state index contributed by atoms with van der Waals surface area (Å²) in [7, 11) is 0. The van der Waals surface area contributed by atoms with Gasteiger partial charge in [0, 0.05) is 12.6 Å². The average Bonchev–Trinajstić information content (AvgIpc) is 2.46. The number of aryl methyl sites for hydroxylation is 1. The van der Waals surface area contributed by atoms with E-state index in [1.807, 2.05) is 31.2 Å². The fraction of sp³-hybridized carbons (Fsp3) is 0.294. The number of hydrogen-bond donors (Lipinski definition) is 0. The van der Waals surface area contributed by atoms with Crippen molar-refractivity contribution in [1.82, 2.24) is 4.90 Å². The molecule has 21 heavy (non-hydrogen) atoms. The molecule has 0 saturated carbocycles. The Kier molecular flexibility index (Phi) is 6.95. The fourth-order valence-corrected chi connectivity index (χ4v) is 1.70. The SMILES string of the molecule is C=CCN(CC(=O)OCC)C(=O)/C=C/c1ccc(C)cc1. The van der Waals surface area contributed by atoms with Gasteiger partial charge in [0.05, 0.1) is 6.61 Å². The average molecular weight is 287 g/mol. The van der Waals surface area contributed by atoms with Gasteiger partial charge in [-0.1, -0.05) is 35.9 Å². The standard InChI is InChI=1S/C17H21NO3/c1-4-12-18(13-17(20)21-5-2)16(19)11-10-15-8-6-14(3)7-9-15/h4,6-11H,1,5,12-13H2,2-3H3/b11-10+. The van der Waals surface area contributed by atoms with Crippen molar-refractivity contribution < 1.29 is 14.3 Å². The van der Waals surface area contributed by atoms with Crippen molar-refractivity contribution in [3.63, 3.8) is 0 Å². The van der Waals surface area contributed by atoms with Crippen LogP contribution >= 0.6 is 0 Å². The Morgan fingerprint density at radius 2 is 1.95 bits per heavy atom. The molecular weight excluding hydrogens is 266 g/mol. The summed E-state index contributed by atoms with van der Waals surface area (Å²) < 4.78 is 4.85. The van der Waals surface area contributed by atoms with Crippen LogP contribution in [0.5, 0.6) is 0 Å². The van der Waals surface area contributed by atoms with Crippen LogP contribution in [0.25, 0.3) is 6.08 Å². The van der Waals surface area contributed by atoms with E-state index in [-0.39, 0.29) is 12.5 Å². The van der Waals surface area contributed by atoms with Gasteiger partial charge in [-0.15, -0.1) is 6.58 Å². The van der Waals surface area contributed by atoms with Gasteiger partial charge in [-0.3, -0.25) is 9.59 Å². The molecule has 0 fully saturated rings. The number of carbonyl (C=O) groups is 2. The molecule has 0 aliphatic heterocycles. The molecule has 0 aliphatic rings. The van der Waals surface area contributed by atoms with E-state index in [1.54, 1.807) is 19.1 Å². The number of amides is 1. The first kappa shape index (κ1) is 16.7. The molecule has 0 N–H and O–H groups in total. The van der Waals surface area contributed by atoms with Crippen molar-refractivity contribution in [3.8, 4) is 0 Å². The third kappa shape index (κ3) is 6.08. The van der Waals surface area contributed by atoms with Crippen LogP contribution in [0.1, 0.15) is 18.1 Å². The lowest BCUT2D eigenvalue weighted by atomic mass is 10.1. The van der Waals surface area contributed by atoms with E-state index in [0.29, 0.717) is 13.2 Å². The summed E-state index contributed by atoms with van der Waals surface area (Å²) in [5.74, 6) is -0.667. The number of esters is 1. The molecule has 0 spiro atoms. The highest BCUT2D eigenvalue weighted by atomic mass is 16.5. The monoisotopic (exact) mass is 287 g/mol. The first-order chi connectivity index (χ1) is 10.1. The number of nitrogens with zero attached hydrogens (tertiary/aromatic N) is 1. The maximum absolute atomic E-state index is 12.1. The highest BCUT2D eigenvalue weighted by Gasteiger charge is 2.14. The third-order valence-electron chi connectivity index (χ3n) is 2.78. The van der Waals surface area contributed by atoms with Gasteiger partial charge >= 0.3 is 5.97 Å². The summed E-state index contributed by atoms with van der Waals surface area (Å²) in [5, 5.41) is 0. The highest BCUT2D eigenvalue weighted by molar-refractivity contribution is 5.93. The molecule has 4 nitrogen and oxygen atoms in total. The number of ether oxygens (including phenoxy) is 1. The molecule has 4 heteroatoms. The summed E-state index contributed by atoms with van der Waals surface area (Å²) in [5.41, 5.74) is 2.10. The van der Waals surface area contributed by atoms with E-state index < -0.39 is 5.97 Å². The van der Waals surface area contributed by atoms with Gasteiger partial charge in [-0.05, 0) is 25.5 Å². The summed E-state index contributed by atoms with van der Waals surface area (Å²) in [6.07, 6.45) is 4.76. The molecule has 0 unspecified atom stereocenters. The molecule has 0 saturated heterocycles. The zero-order chi connectivity index (χ0) is 15.7. The lowest BCUT2D eigenvalue weighted by Gasteiger charge is -2.18. The van der Waals surface area contributed by atoms with E-state index in [2.05, 4.69) is 6.58 Å². The van der Waals surface area contributed by atoms with Gasteiger partial charge < -0.3 is 9.64 Å². The predicted molar refractivity (Wildman–Crippen MR) is 83.6 cm³/mol. The van der Waals surface area contributed by atoms with Crippen molar-refractivity contribution in [2.75, 3.05) is 19.7 Å². The second-order valence-electron chi connectivity index (χ2n) is 4.56. The first-order valence-corrected chi connectivity index (χ1v) is 6.87. The number of benzene rings is 1. The first-order valence-electron chi connectivity index (χ1n) is 6.87. The molecular formula is C17H21NO3.